The van der Waals surface area contributed by atoms with Gasteiger partial charge >= 0.3 is 0 Å². The monoisotopic (exact) mass is 288 g/mol. The molecule has 0 aliphatic heterocycles. The van der Waals surface area contributed by atoms with Crippen molar-refractivity contribution in [2.45, 2.75) is 26.2 Å². The van der Waals surface area contributed by atoms with Gasteiger partial charge < -0.3 is 5.11 Å². The van der Waals surface area contributed by atoms with Crippen LogP contribution in [0.3, 0.4) is 0 Å². The van der Waals surface area contributed by atoms with Crippen molar-refractivity contribution in [1.29, 1.82) is 0 Å². The van der Waals surface area contributed by atoms with Crippen molar-refractivity contribution in [3.8, 4) is 5.75 Å². The summed E-state index contributed by atoms with van der Waals surface area (Å²) in [5.74, 6) is 0.900. The summed E-state index contributed by atoms with van der Waals surface area (Å²) in [7, 11) is 0. The lowest BCUT2D eigenvalue weighted by atomic mass is 9.86. The third-order valence-electron chi connectivity index (χ3n) is 4.71. The van der Waals surface area contributed by atoms with Gasteiger partial charge in [0.1, 0.15) is 5.75 Å². The summed E-state index contributed by atoms with van der Waals surface area (Å²) in [6, 6.07) is 12.4. The Morgan fingerprint density at radius 3 is 2.68 bits per heavy atom. The second-order valence-electron chi connectivity index (χ2n) is 6.36. The fourth-order valence-electron chi connectivity index (χ4n) is 3.76. The minimum Gasteiger partial charge on any atom is -0.507 e. The predicted octanol–water partition coefficient (Wildman–Crippen LogP) is 1.77. The molecule has 0 saturated heterocycles. The second kappa shape index (κ2) is 5.17. The quantitative estimate of drug-likeness (QED) is 0.848. The lowest BCUT2D eigenvalue weighted by molar-refractivity contribution is 0.472. The molecule has 1 heteroatoms. The van der Waals surface area contributed by atoms with Crippen LogP contribution in [0.1, 0.15) is 31.7 Å². The maximum Gasteiger partial charge on any atom is 0.123 e. The Kier molecular flexibility index (Phi) is 3.15. The summed E-state index contributed by atoms with van der Waals surface area (Å²) < 4.78 is 0. The van der Waals surface area contributed by atoms with Gasteiger partial charge in [-0.15, -0.1) is 0 Å². The molecule has 0 saturated carbocycles. The van der Waals surface area contributed by atoms with Crippen molar-refractivity contribution in [3.63, 3.8) is 0 Å². The predicted molar refractivity (Wildman–Crippen MR) is 92.0 cm³/mol. The fraction of sp³-hybridized carbons (Fsp3) is 0.238. The molecule has 2 aromatic rings. The topological polar surface area (TPSA) is 20.2 Å². The molecule has 1 nitrogen and oxygen atoms in total. The average Bonchev–Trinajstić information content (AvgIpc) is 2.54. The van der Waals surface area contributed by atoms with E-state index in [1.807, 2.05) is 12.1 Å². The van der Waals surface area contributed by atoms with Gasteiger partial charge in [-0.2, -0.15) is 0 Å². The minimum absolute atomic E-state index is 0.407. The zero-order chi connectivity index (χ0) is 15.1. The Morgan fingerprint density at radius 2 is 1.77 bits per heavy atom. The van der Waals surface area contributed by atoms with Gasteiger partial charge in [0.2, 0.25) is 0 Å². The lowest BCUT2D eigenvalue weighted by Crippen LogP contribution is -2.36. The van der Waals surface area contributed by atoms with E-state index >= 15 is 0 Å². The summed E-state index contributed by atoms with van der Waals surface area (Å²) in [4.78, 5) is 0. The van der Waals surface area contributed by atoms with E-state index in [0.717, 1.165) is 24.8 Å². The second-order valence-corrected chi connectivity index (χ2v) is 6.36. The van der Waals surface area contributed by atoms with Crippen molar-refractivity contribution in [2.75, 3.05) is 0 Å². The first-order valence-corrected chi connectivity index (χ1v) is 8.07. The van der Waals surface area contributed by atoms with Crippen molar-refractivity contribution in [3.05, 3.63) is 62.8 Å². The van der Waals surface area contributed by atoms with Gasteiger partial charge in [0.25, 0.3) is 0 Å². The highest BCUT2D eigenvalue weighted by Crippen LogP contribution is 2.26. The zero-order valence-corrected chi connectivity index (χ0v) is 12.8. The van der Waals surface area contributed by atoms with E-state index in [1.54, 1.807) is 0 Å². The van der Waals surface area contributed by atoms with E-state index in [9.17, 15) is 5.11 Å². The maximum atomic E-state index is 10.6. The van der Waals surface area contributed by atoms with Crippen LogP contribution in [-0.4, -0.2) is 5.11 Å². The van der Waals surface area contributed by atoms with E-state index in [2.05, 4.69) is 49.4 Å². The Bertz CT molecular complexity index is 980. The van der Waals surface area contributed by atoms with Crippen molar-refractivity contribution in [2.24, 2.45) is 5.92 Å². The number of aromatic hydroxyl groups is 1. The first kappa shape index (κ1) is 13.4. The number of phenols is 1. The summed E-state index contributed by atoms with van der Waals surface area (Å²) in [6.45, 7) is 2.25. The van der Waals surface area contributed by atoms with E-state index in [4.69, 9.17) is 0 Å². The molecular formula is C21H20O. The fourth-order valence-corrected chi connectivity index (χ4v) is 3.76. The third-order valence-corrected chi connectivity index (χ3v) is 4.71. The molecule has 1 N–H and O–H groups in total. The molecule has 0 aromatic heterocycles. The smallest absolute Gasteiger partial charge is 0.123 e. The first-order chi connectivity index (χ1) is 10.7. The van der Waals surface area contributed by atoms with Crippen LogP contribution in [0.25, 0.3) is 23.8 Å². The molecule has 0 spiro atoms. The number of fused-ring (bicyclic) bond motifs is 2. The van der Waals surface area contributed by atoms with Crippen LogP contribution in [-0.2, 0) is 0 Å². The standard InChI is InChI=1S/C21H20O/c1-14-12-16-7-3-4-8-17(16)19(13-14)21-18-9-5-2-6-15(18)10-11-20(21)22/h3-4,6-12,14,22H,2,5,13H2,1H3. The van der Waals surface area contributed by atoms with E-state index < -0.39 is 0 Å². The van der Waals surface area contributed by atoms with Crippen molar-refractivity contribution < 1.29 is 5.11 Å². The van der Waals surface area contributed by atoms with Gasteiger partial charge in [-0.1, -0.05) is 55.5 Å². The van der Waals surface area contributed by atoms with Crippen LogP contribution in [0.15, 0.2) is 36.4 Å². The first-order valence-electron chi connectivity index (χ1n) is 8.07. The van der Waals surface area contributed by atoms with Crippen molar-refractivity contribution >= 4 is 23.8 Å². The van der Waals surface area contributed by atoms with Crippen molar-refractivity contribution in [1.82, 2.24) is 0 Å². The van der Waals surface area contributed by atoms with Gasteiger partial charge in [-0.05, 0) is 57.7 Å². The summed E-state index contributed by atoms with van der Waals surface area (Å²) in [5.41, 5.74) is 2.33. The summed E-state index contributed by atoms with van der Waals surface area (Å²) >= 11 is 0. The molecule has 2 aliphatic carbocycles. The molecule has 0 radical (unpaired) electrons. The van der Waals surface area contributed by atoms with Crippen LogP contribution in [0.5, 0.6) is 5.75 Å². The Labute approximate surface area is 130 Å². The average molecular weight is 288 g/mol. The van der Waals surface area contributed by atoms with Crippen LogP contribution in [0.2, 0.25) is 0 Å². The van der Waals surface area contributed by atoms with Gasteiger partial charge in [0.15, 0.2) is 0 Å². The highest BCUT2D eigenvalue weighted by atomic mass is 16.3. The number of phenolic OH excluding ortho intramolecular Hbond substituents is 1. The maximum absolute atomic E-state index is 10.6. The Balaban J connectivity index is 2.16. The lowest BCUT2D eigenvalue weighted by Gasteiger charge is -2.19. The molecular weight excluding hydrogens is 268 g/mol. The van der Waals surface area contributed by atoms with Gasteiger partial charge in [0, 0.05) is 5.56 Å². The molecule has 1 unspecified atom stereocenters. The van der Waals surface area contributed by atoms with Gasteiger partial charge in [0.05, 0.1) is 0 Å². The molecule has 2 aliphatic rings. The van der Waals surface area contributed by atoms with Gasteiger partial charge in [-0.3, -0.25) is 0 Å². The largest absolute Gasteiger partial charge is 0.507 e. The molecule has 4 rings (SSSR count). The number of hydrogen-bond acceptors (Lipinski definition) is 1. The van der Waals surface area contributed by atoms with Crippen LogP contribution in [0, 0.1) is 5.92 Å². The van der Waals surface area contributed by atoms with E-state index in [-0.39, 0.29) is 0 Å². The Morgan fingerprint density at radius 1 is 0.955 bits per heavy atom. The van der Waals surface area contributed by atoms with Gasteiger partial charge in [-0.25, -0.2) is 0 Å². The summed E-state index contributed by atoms with van der Waals surface area (Å²) in [5, 5.41) is 15.6. The Hall–Kier alpha value is -2.28. The highest BCUT2D eigenvalue weighted by Gasteiger charge is 2.17. The molecule has 110 valence electrons. The molecule has 0 heterocycles. The zero-order valence-electron chi connectivity index (χ0n) is 12.8. The number of benzene rings is 2. The number of rotatable bonds is 1. The normalized spacial score (nSPS) is 19.3. The van der Waals surface area contributed by atoms with Crippen LogP contribution >= 0.6 is 0 Å². The molecule has 0 amide bonds. The third kappa shape index (κ3) is 2.09. The number of hydrogen-bond donors (Lipinski definition) is 1. The minimum atomic E-state index is 0.407. The SMILES string of the molecule is CC1C=c2ccccc2=C(c2c(O)ccc3c2=CCCC=3)C1. The van der Waals surface area contributed by atoms with E-state index in [0.29, 0.717) is 11.7 Å². The van der Waals surface area contributed by atoms with Crippen LogP contribution < -0.4 is 20.9 Å². The molecule has 0 fully saturated rings. The molecule has 2 aromatic carbocycles. The summed E-state index contributed by atoms with van der Waals surface area (Å²) in [6.07, 6.45) is 10.0. The molecule has 1 atom stereocenters. The highest BCUT2D eigenvalue weighted by molar-refractivity contribution is 5.74. The van der Waals surface area contributed by atoms with E-state index in [1.165, 1.54) is 26.4 Å². The molecule has 22 heavy (non-hydrogen) atoms. The van der Waals surface area contributed by atoms with Crippen LogP contribution in [0.4, 0.5) is 0 Å². The molecule has 0 bridgehead atoms.